The van der Waals surface area contributed by atoms with Crippen LogP contribution in [0.5, 0.6) is 0 Å². The zero-order valence-corrected chi connectivity index (χ0v) is 10.1. The third kappa shape index (κ3) is 0.504. The minimum Gasteiger partial charge on any atom is -0.390 e. The Morgan fingerprint density at radius 2 is 1.06 bits per heavy atom. The summed E-state index contributed by atoms with van der Waals surface area (Å²) in [5, 5.41) is 21.6. The molecule has 6 aliphatic carbocycles. The van der Waals surface area contributed by atoms with E-state index in [1.165, 1.54) is 0 Å². The average Bonchev–Trinajstić information content (AvgIpc) is 2.84. The van der Waals surface area contributed by atoms with Crippen molar-refractivity contribution >= 4 is 0 Å². The number of hydrogen-bond acceptors (Lipinski definition) is 2. The molecule has 6 fully saturated rings. The van der Waals surface area contributed by atoms with Gasteiger partial charge in [0.15, 0.2) is 0 Å². The zero-order valence-electron chi connectivity index (χ0n) is 10.1. The Morgan fingerprint density at radius 1 is 0.688 bits per heavy atom. The molecular formula is C14H20O2. The van der Waals surface area contributed by atoms with E-state index in [-0.39, 0.29) is 0 Å². The predicted octanol–water partition coefficient (Wildman–Crippen LogP) is 1.12. The van der Waals surface area contributed by atoms with Gasteiger partial charge in [-0.3, -0.25) is 0 Å². The molecule has 0 saturated heterocycles. The highest BCUT2D eigenvalue weighted by Crippen LogP contribution is 2.88. The fourth-order valence-electron chi connectivity index (χ4n) is 8.00. The molecule has 0 aliphatic heterocycles. The maximum atomic E-state index is 10.8. The maximum absolute atomic E-state index is 10.8. The van der Waals surface area contributed by atoms with Gasteiger partial charge in [-0.25, -0.2) is 0 Å². The van der Waals surface area contributed by atoms with Gasteiger partial charge in [0, 0.05) is 0 Å². The van der Waals surface area contributed by atoms with E-state index in [9.17, 15) is 10.2 Å². The molecule has 6 bridgehead atoms. The van der Waals surface area contributed by atoms with E-state index in [1.807, 2.05) is 0 Å². The third-order valence-corrected chi connectivity index (χ3v) is 7.68. The maximum Gasteiger partial charge on any atom is 0.0688 e. The first kappa shape index (κ1) is 8.93. The Balaban J connectivity index is 1.84. The molecule has 88 valence electrons. The first-order valence-electron chi connectivity index (χ1n) is 6.85. The molecule has 6 aliphatic rings. The molecule has 2 nitrogen and oxygen atoms in total. The summed E-state index contributed by atoms with van der Waals surface area (Å²) in [7, 11) is 0. The van der Waals surface area contributed by atoms with Gasteiger partial charge in [0.05, 0.1) is 11.2 Å². The topological polar surface area (TPSA) is 40.5 Å². The van der Waals surface area contributed by atoms with Crippen molar-refractivity contribution in [3.63, 3.8) is 0 Å². The van der Waals surface area contributed by atoms with E-state index >= 15 is 0 Å². The summed E-state index contributed by atoms with van der Waals surface area (Å²) in [6.07, 6.45) is 0. The minimum absolute atomic E-state index is 0.411. The summed E-state index contributed by atoms with van der Waals surface area (Å²) in [6.45, 7) is 6.49. The number of aliphatic hydroxyl groups is 2. The van der Waals surface area contributed by atoms with Gasteiger partial charge in [0.1, 0.15) is 0 Å². The molecule has 16 heavy (non-hydrogen) atoms. The predicted molar refractivity (Wildman–Crippen MR) is 58.3 cm³/mol. The minimum atomic E-state index is -0.469. The number of rotatable bonds is 0. The van der Waals surface area contributed by atoms with Gasteiger partial charge in [0.25, 0.3) is 0 Å². The lowest BCUT2D eigenvalue weighted by Crippen LogP contribution is -2.35. The van der Waals surface area contributed by atoms with Crippen LogP contribution < -0.4 is 0 Å². The summed E-state index contributed by atoms with van der Waals surface area (Å²) in [4.78, 5) is 0. The summed E-state index contributed by atoms with van der Waals surface area (Å²) in [5.74, 6) is 5.34. The normalized spacial score (nSPS) is 85.7. The lowest BCUT2D eigenvalue weighted by atomic mass is 9.71. The van der Waals surface area contributed by atoms with Crippen molar-refractivity contribution in [2.75, 3.05) is 0 Å². The quantitative estimate of drug-likeness (QED) is 0.642. The van der Waals surface area contributed by atoms with Crippen LogP contribution in [0.25, 0.3) is 0 Å². The van der Waals surface area contributed by atoms with E-state index in [0.29, 0.717) is 35.5 Å². The van der Waals surface area contributed by atoms with Crippen molar-refractivity contribution in [2.45, 2.75) is 32.0 Å². The SMILES string of the molecule is CC1C2C3C4[C@H]5[C@H]([C@@H]1C3[C@@]5(C)O)[C@H]2[C@@]4(C)O. The highest BCUT2D eigenvalue weighted by atomic mass is 16.3. The standard InChI is InChI=1S/C14H20O2/c1-4-5-8-10-6(4)7-9(5)13(2,15)11(8)12(7)14(10,3)16/h4-12,15-16H,1-3H3/t4?,5-,6?,7?,8-,9?,10+,11-,12?,13-,14-/m1/s1. The number of hydrogen-bond donors (Lipinski definition) is 2. The molecule has 0 aromatic carbocycles. The van der Waals surface area contributed by atoms with Gasteiger partial charge >= 0.3 is 0 Å². The zero-order chi connectivity index (χ0) is 11.2. The molecule has 6 rings (SSSR count). The second kappa shape index (κ2) is 1.91. The monoisotopic (exact) mass is 220 g/mol. The van der Waals surface area contributed by atoms with Crippen LogP contribution in [0.3, 0.4) is 0 Å². The summed E-state index contributed by atoms with van der Waals surface area (Å²) in [6, 6.07) is 0. The molecule has 5 unspecified atom stereocenters. The lowest BCUT2D eigenvalue weighted by molar-refractivity contribution is -0.0214. The van der Waals surface area contributed by atoms with E-state index in [1.54, 1.807) is 0 Å². The molecule has 2 heteroatoms. The van der Waals surface area contributed by atoms with Crippen molar-refractivity contribution in [1.29, 1.82) is 0 Å². The highest BCUT2D eigenvalue weighted by Gasteiger charge is 2.90. The molecule has 0 radical (unpaired) electrons. The van der Waals surface area contributed by atoms with Crippen molar-refractivity contribution in [3.05, 3.63) is 0 Å². The van der Waals surface area contributed by atoms with Gasteiger partial charge < -0.3 is 10.2 Å². The Hall–Kier alpha value is -0.0800. The first-order chi connectivity index (χ1) is 7.40. The van der Waals surface area contributed by atoms with E-state index < -0.39 is 11.2 Å². The van der Waals surface area contributed by atoms with Crippen molar-refractivity contribution in [2.24, 2.45) is 53.3 Å². The summed E-state index contributed by atoms with van der Waals surface area (Å²) in [5.41, 5.74) is -0.939. The fourth-order valence-corrected chi connectivity index (χ4v) is 8.00. The van der Waals surface area contributed by atoms with Crippen LogP contribution in [0.2, 0.25) is 0 Å². The van der Waals surface area contributed by atoms with Gasteiger partial charge in [-0.15, -0.1) is 0 Å². The van der Waals surface area contributed by atoms with Crippen LogP contribution in [0, 0.1) is 53.3 Å². The van der Waals surface area contributed by atoms with Crippen LogP contribution in [-0.2, 0) is 0 Å². The third-order valence-electron chi connectivity index (χ3n) is 7.68. The van der Waals surface area contributed by atoms with Gasteiger partial charge in [-0.1, -0.05) is 6.92 Å². The average molecular weight is 220 g/mol. The van der Waals surface area contributed by atoms with Crippen LogP contribution >= 0.6 is 0 Å². The van der Waals surface area contributed by atoms with Crippen LogP contribution in [0.15, 0.2) is 0 Å². The Morgan fingerprint density at radius 3 is 1.44 bits per heavy atom. The molecule has 0 aromatic rings. The molecule has 0 amide bonds. The highest BCUT2D eigenvalue weighted by molar-refractivity contribution is 5.37. The Kier molecular flexibility index (Phi) is 1.07. The smallest absolute Gasteiger partial charge is 0.0688 e. The lowest BCUT2D eigenvalue weighted by Gasteiger charge is -2.32. The van der Waals surface area contributed by atoms with Crippen LogP contribution in [0.4, 0.5) is 0 Å². The van der Waals surface area contributed by atoms with Crippen LogP contribution in [0.1, 0.15) is 20.8 Å². The fraction of sp³-hybridized carbons (Fsp3) is 1.00. The molecular weight excluding hydrogens is 200 g/mol. The van der Waals surface area contributed by atoms with E-state index in [2.05, 4.69) is 20.8 Å². The van der Waals surface area contributed by atoms with E-state index in [4.69, 9.17) is 0 Å². The van der Waals surface area contributed by atoms with Crippen molar-refractivity contribution in [1.82, 2.24) is 0 Å². The van der Waals surface area contributed by atoms with Crippen molar-refractivity contribution in [3.8, 4) is 0 Å². The Labute approximate surface area is 96.0 Å². The second-order valence-electron chi connectivity index (χ2n) is 7.72. The summed E-state index contributed by atoms with van der Waals surface area (Å²) >= 11 is 0. The second-order valence-corrected chi connectivity index (χ2v) is 7.72. The van der Waals surface area contributed by atoms with Crippen LogP contribution in [-0.4, -0.2) is 21.4 Å². The largest absolute Gasteiger partial charge is 0.390 e. The van der Waals surface area contributed by atoms with E-state index in [0.717, 1.165) is 17.8 Å². The van der Waals surface area contributed by atoms with Gasteiger partial charge in [0.2, 0.25) is 0 Å². The molecule has 11 atom stereocenters. The van der Waals surface area contributed by atoms with Crippen molar-refractivity contribution < 1.29 is 10.2 Å². The first-order valence-corrected chi connectivity index (χ1v) is 6.85. The molecule has 2 N–H and O–H groups in total. The molecule has 6 saturated carbocycles. The molecule has 0 spiro atoms. The van der Waals surface area contributed by atoms with Gasteiger partial charge in [-0.05, 0) is 67.1 Å². The van der Waals surface area contributed by atoms with Gasteiger partial charge in [-0.2, -0.15) is 0 Å². The molecule has 0 heterocycles. The molecule has 0 aromatic heterocycles. The summed E-state index contributed by atoms with van der Waals surface area (Å²) < 4.78 is 0. The Bertz CT molecular complexity index is 375.